The van der Waals surface area contributed by atoms with Gasteiger partial charge in [-0.2, -0.15) is 0 Å². The van der Waals surface area contributed by atoms with E-state index in [1.165, 1.54) is 18.2 Å². The van der Waals surface area contributed by atoms with Crippen molar-refractivity contribution in [3.8, 4) is 11.1 Å². The van der Waals surface area contributed by atoms with Gasteiger partial charge in [0.25, 0.3) is 0 Å². The number of hydrogen-bond acceptors (Lipinski definition) is 1. The van der Waals surface area contributed by atoms with E-state index < -0.39 is 17.6 Å². The molecule has 0 saturated carbocycles. The summed E-state index contributed by atoms with van der Waals surface area (Å²) in [5.74, 6) is -2.64. The van der Waals surface area contributed by atoms with Gasteiger partial charge in [0.2, 0.25) is 0 Å². The van der Waals surface area contributed by atoms with Crippen LogP contribution in [-0.4, -0.2) is 11.1 Å². The van der Waals surface area contributed by atoms with Crippen LogP contribution in [0.3, 0.4) is 0 Å². The molecule has 2 aromatic carbocycles. The van der Waals surface area contributed by atoms with Crippen molar-refractivity contribution >= 4 is 17.6 Å². The van der Waals surface area contributed by atoms with Crippen LogP contribution in [0.1, 0.15) is 10.4 Å². The van der Waals surface area contributed by atoms with Crippen molar-refractivity contribution in [2.75, 3.05) is 0 Å². The van der Waals surface area contributed by atoms with E-state index in [9.17, 15) is 13.6 Å². The van der Waals surface area contributed by atoms with Gasteiger partial charge >= 0.3 is 5.97 Å². The second-order valence-electron chi connectivity index (χ2n) is 3.66. The van der Waals surface area contributed by atoms with E-state index in [4.69, 9.17) is 16.7 Å². The van der Waals surface area contributed by atoms with Crippen LogP contribution in [0.25, 0.3) is 11.1 Å². The summed E-state index contributed by atoms with van der Waals surface area (Å²) in [7, 11) is 0. The summed E-state index contributed by atoms with van der Waals surface area (Å²) in [5, 5.41) is 9.03. The number of carbonyl (C=O) groups is 1. The van der Waals surface area contributed by atoms with E-state index in [-0.39, 0.29) is 21.7 Å². The number of hydrogen-bond donors (Lipinski definition) is 1. The largest absolute Gasteiger partial charge is 0.478 e. The zero-order chi connectivity index (χ0) is 13.3. The van der Waals surface area contributed by atoms with Crippen LogP contribution in [0.5, 0.6) is 0 Å². The Balaban J connectivity index is 2.60. The van der Waals surface area contributed by atoms with Gasteiger partial charge in [-0.3, -0.25) is 0 Å². The Morgan fingerprint density at radius 2 is 1.83 bits per heavy atom. The molecule has 0 atom stereocenters. The third-order valence-electron chi connectivity index (χ3n) is 2.39. The fourth-order valence-corrected chi connectivity index (χ4v) is 1.75. The van der Waals surface area contributed by atoms with E-state index in [1.807, 2.05) is 0 Å². The molecule has 0 saturated heterocycles. The maximum Gasteiger partial charge on any atom is 0.335 e. The van der Waals surface area contributed by atoms with Crippen molar-refractivity contribution in [2.24, 2.45) is 0 Å². The third-order valence-corrected chi connectivity index (χ3v) is 2.62. The number of benzene rings is 2. The Hall–Kier alpha value is -1.94. The van der Waals surface area contributed by atoms with E-state index in [0.717, 1.165) is 18.2 Å². The van der Waals surface area contributed by atoms with Crippen LogP contribution in [0.4, 0.5) is 8.78 Å². The standard InChI is InChI=1S/C13H7ClF2O2/c14-9-1-2-11(12(16)6-9)7-3-8(13(17)18)5-10(15)4-7/h1-6H,(H,17,18). The topological polar surface area (TPSA) is 37.3 Å². The SMILES string of the molecule is O=C(O)c1cc(F)cc(-c2ccc(Cl)cc2F)c1. The summed E-state index contributed by atoms with van der Waals surface area (Å²) >= 11 is 5.61. The number of rotatable bonds is 2. The fraction of sp³-hybridized carbons (Fsp3) is 0. The van der Waals surface area contributed by atoms with Crippen molar-refractivity contribution in [2.45, 2.75) is 0 Å². The first-order valence-corrected chi connectivity index (χ1v) is 5.34. The van der Waals surface area contributed by atoms with Gasteiger partial charge < -0.3 is 5.11 Å². The highest BCUT2D eigenvalue weighted by molar-refractivity contribution is 6.30. The van der Waals surface area contributed by atoms with Crippen LogP contribution >= 0.6 is 11.6 Å². The Morgan fingerprint density at radius 1 is 1.11 bits per heavy atom. The molecule has 2 aromatic rings. The minimum Gasteiger partial charge on any atom is -0.478 e. The number of carboxylic acid groups (broad SMARTS) is 1. The van der Waals surface area contributed by atoms with Crippen molar-refractivity contribution in [1.29, 1.82) is 0 Å². The minimum atomic E-state index is -1.27. The van der Waals surface area contributed by atoms with E-state index in [2.05, 4.69) is 0 Å². The molecule has 2 rings (SSSR count). The van der Waals surface area contributed by atoms with Crippen molar-refractivity contribution in [3.05, 3.63) is 58.6 Å². The Kier molecular flexibility index (Phi) is 3.30. The molecule has 0 spiro atoms. The third kappa shape index (κ3) is 2.49. The lowest BCUT2D eigenvalue weighted by Crippen LogP contribution is -1.98. The first kappa shape index (κ1) is 12.5. The van der Waals surface area contributed by atoms with Gasteiger partial charge in [0.15, 0.2) is 0 Å². The van der Waals surface area contributed by atoms with Gasteiger partial charge in [-0.15, -0.1) is 0 Å². The summed E-state index contributed by atoms with van der Waals surface area (Å²) in [4.78, 5) is 10.8. The first-order chi connectivity index (χ1) is 8.47. The molecule has 18 heavy (non-hydrogen) atoms. The lowest BCUT2D eigenvalue weighted by Gasteiger charge is -2.05. The molecule has 0 fully saturated rings. The quantitative estimate of drug-likeness (QED) is 0.894. The van der Waals surface area contributed by atoms with Gasteiger partial charge in [0.1, 0.15) is 11.6 Å². The zero-order valence-corrected chi connectivity index (χ0v) is 9.71. The predicted octanol–water partition coefficient (Wildman–Crippen LogP) is 3.98. The highest BCUT2D eigenvalue weighted by atomic mass is 35.5. The smallest absolute Gasteiger partial charge is 0.335 e. The molecular weight excluding hydrogens is 262 g/mol. The van der Waals surface area contributed by atoms with Crippen LogP contribution in [0, 0.1) is 11.6 Å². The predicted molar refractivity (Wildman–Crippen MR) is 63.8 cm³/mol. The van der Waals surface area contributed by atoms with Crippen LogP contribution in [0.15, 0.2) is 36.4 Å². The second kappa shape index (κ2) is 4.74. The van der Waals surface area contributed by atoms with E-state index >= 15 is 0 Å². The molecule has 0 radical (unpaired) electrons. The van der Waals surface area contributed by atoms with Crippen LogP contribution in [-0.2, 0) is 0 Å². The number of halogens is 3. The lowest BCUT2D eigenvalue weighted by atomic mass is 10.0. The maximum atomic E-state index is 13.6. The maximum absolute atomic E-state index is 13.6. The summed E-state index contributed by atoms with van der Waals surface area (Å²) < 4.78 is 26.9. The summed E-state index contributed by atoms with van der Waals surface area (Å²) in [6, 6.07) is 7.06. The summed E-state index contributed by atoms with van der Waals surface area (Å²) in [6.45, 7) is 0. The van der Waals surface area contributed by atoms with Gasteiger partial charge in [-0.25, -0.2) is 13.6 Å². The molecule has 0 bridgehead atoms. The van der Waals surface area contributed by atoms with Crippen molar-refractivity contribution in [3.63, 3.8) is 0 Å². The monoisotopic (exact) mass is 268 g/mol. The Bertz CT molecular complexity index is 626. The molecule has 0 unspecified atom stereocenters. The average Bonchev–Trinajstić information content (AvgIpc) is 2.27. The Labute approximate surface area is 106 Å². The van der Waals surface area contributed by atoms with E-state index in [1.54, 1.807) is 0 Å². The number of carboxylic acids is 1. The molecule has 0 aliphatic rings. The molecule has 92 valence electrons. The molecule has 5 heteroatoms. The second-order valence-corrected chi connectivity index (χ2v) is 4.09. The molecule has 1 N–H and O–H groups in total. The first-order valence-electron chi connectivity index (χ1n) is 4.96. The molecule has 0 aromatic heterocycles. The Morgan fingerprint density at radius 3 is 2.44 bits per heavy atom. The lowest BCUT2D eigenvalue weighted by molar-refractivity contribution is 0.0696. The number of aromatic carboxylic acids is 1. The normalized spacial score (nSPS) is 10.4. The molecule has 0 amide bonds. The van der Waals surface area contributed by atoms with Crippen LogP contribution < -0.4 is 0 Å². The van der Waals surface area contributed by atoms with Gasteiger partial charge in [-0.05, 0) is 42.0 Å². The summed E-state index contributed by atoms with van der Waals surface area (Å²) in [6.07, 6.45) is 0. The zero-order valence-electron chi connectivity index (χ0n) is 8.95. The summed E-state index contributed by atoms with van der Waals surface area (Å²) in [5.41, 5.74) is 0.0160. The molecule has 2 nitrogen and oxygen atoms in total. The highest BCUT2D eigenvalue weighted by Crippen LogP contribution is 2.27. The molecule has 0 aliphatic heterocycles. The van der Waals surface area contributed by atoms with Gasteiger partial charge in [0, 0.05) is 10.6 Å². The van der Waals surface area contributed by atoms with Gasteiger partial charge in [-0.1, -0.05) is 11.6 Å². The van der Waals surface area contributed by atoms with Crippen LogP contribution in [0.2, 0.25) is 5.02 Å². The molecule has 0 aliphatic carbocycles. The fourth-order valence-electron chi connectivity index (χ4n) is 1.59. The minimum absolute atomic E-state index is 0.0985. The highest BCUT2D eigenvalue weighted by Gasteiger charge is 2.11. The molecular formula is C13H7ClF2O2. The van der Waals surface area contributed by atoms with Crippen molar-refractivity contribution in [1.82, 2.24) is 0 Å². The average molecular weight is 269 g/mol. The molecule has 0 heterocycles. The van der Waals surface area contributed by atoms with Crippen molar-refractivity contribution < 1.29 is 18.7 Å². The van der Waals surface area contributed by atoms with Gasteiger partial charge in [0.05, 0.1) is 5.56 Å². The van der Waals surface area contributed by atoms with E-state index in [0.29, 0.717) is 0 Å².